The fraction of sp³-hybridized carbons (Fsp3) is 0.363. The van der Waals surface area contributed by atoms with E-state index in [1.165, 1.54) is 24.6 Å². The first-order chi connectivity index (χ1) is 62.0. The van der Waals surface area contributed by atoms with Crippen molar-refractivity contribution in [2.45, 2.75) is 200 Å². The van der Waals surface area contributed by atoms with Crippen molar-refractivity contribution in [2.24, 2.45) is 17.8 Å². The van der Waals surface area contributed by atoms with E-state index in [0.29, 0.717) is 52.1 Å². The van der Waals surface area contributed by atoms with Crippen LogP contribution >= 0.6 is 15.9 Å². The average Bonchev–Trinajstić information content (AvgIpc) is 1.66. The van der Waals surface area contributed by atoms with Gasteiger partial charge in [-0.15, -0.1) is 0 Å². The van der Waals surface area contributed by atoms with Crippen molar-refractivity contribution < 1.29 is 155 Å². The number of nitrogens with one attached hydrogen (secondary N) is 2. The molecule has 0 spiro atoms. The number of amides is 1. The maximum Gasteiger partial charge on any atom is 1.00 e. The normalized spacial score (nSPS) is 12.4. The molecule has 12 rings (SSSR count). The number of ether oxygens (including phenoxy) is 1. The molecule has 0 bridgehead atoms. The van der Waals surface area contributed by atoms with Crippen LogP contribution in [-0.4, -0.2) is 145 Å². The summed E-state index contributed by atoms with van der Waals surface area (Å²) in [6, 6.07) is 76.6. The van der Waals surface area contributed by atoms with Crippen LogP contribution in [-0.2, 0) is 93.6 Å². The van der Waals surface area contributed by atoms with Gasteiger partial charge in [0.25, 0.3) is 31.4 Å². The standard InChI is InChI=1S/C33H41NO4SSi.C31H37NO6S2Si.C30H35NO4SSi.C7H14BrNO2.CH2O3.Cs/c1-8-19-34-29-22-31(39(7,36)37)26(20-25(29)21-30(34)32(35)24(2)3)23-38-40(33(4,5)6,27-15-11-9-12-16-27)28-17-13-10-14-18-28;1-22(2)30(33)28-19-23-18-24(29(39(6,34)35)20-27(23)32(28)40(7,36)37)21-38-41(31(3,4)5,25-14-10-8-11-15-25)26-16-12-9-13-17-26;1-21(2)29(32)27-18-22-17-23(28(36(6,33)34)19-26(22)31-27)20-35-37(30(3,4)5,24-13-9-7-10-14-24)25-15-11-8-12-16-25;1-7(2,3)11-6(10)9-5-4-8;2-1-4-3;/h9-18,20-22,24H,8,19,23H2,1-7H3;8-20,22H,21H2,1-7H3;7-19,21,31H,20H2,1-6H3;4-5H2,1-3H3,(H,9,10);1,3H;/q;;;;;+1/p-1. The molecule has 9 aromatic carbocycles. The molecule has 1 amide bonds. The number of ketones is 3. The van der Waals surface area contributed by atoms with Crippen LogP contribution in [0.2, 0.25) is 15.1 Å². The van der Waals surface area contributed by atoms with Gasteiger partial charge in [-0.05, 0) is 145 Å². The molecule has 0 aliphatic heterocycles. The quantitative estimate of drug-likeness (QED) is 0.0105. The number of aromatic nitrogens is 3. The van der Waals surface area contributed by atoms with Crippen molar-refractivity contribution in [2.75, 3.05) is 36.9 Å². The molecule has 23 nitrogen and oxygen atoms in total. The van der Waals surface area contributed by atoms with Crippen LogP contribution in [0, 0.1) is 17.8 Å². The van der Waals surface area contributed by atoms with Gasteiger partial charge >= 0.3 is 75.0 Å². The van der Waals surface area contributed by atoms with E-state index in [4.69, 9.17) is 28.1 Å². The molecule has 2 N–H and O–H groups in total. The Morgan fingerprint density at radius 1 is 0.440 bits per heavy atom. The molecule has 12 aromatic rings. The van der Waals surface area contributed by atoms with Crippen LogP contribution in [0.4, 0.5) is 4.79 Å². The summed E-state index contributed by atoms with van der Waals surface area (Å²) in [5, 5.41) is 19.7. The summed E-state index contributed by atoms with van der Waals surface area (Å²) in [6.45, 7) is 39.3. The molecule has 0 aliphatic carbocycles. The maximum atomic E-state index is 13.2. The molecule has 0 fully saturated rings. The minimum absolute atomic E-state index is 0. The van der Waals surface area contributed by atoms with Crippen molar-refractivity contribution >= 4 is 174 Å². The number of hydrogen-bond acceptors (Lipinski definition) is 19. The summed E-state index contributed by atoms with van der Waals surface area (Å²) in [5.41, 5.74) is 3.84. The van der Waals surface area contributed by atoms with Gasteiger partial charge in [-0.2, -0.15) is 0 Å². The van der Waals surface area contributed by atoms with E-state index >= 15 is 0 Å². The van der Waals surface area contributed by atoms with E-state index in [1.54, 1.807) is 38.1 Å². The molecular formula is C102H128BrCsN4O19S4Si3. The first-order valence-electron chi connectivity index (χ1n) is 43.9. The molecule has 0 aliphatic rings. The largest absolute Gasteiger partial charge is 1.00 e. The number of sulfone groups is 3. The van der Waals surface area contributed by atoms with Gasteiger partial charge in [0.2, 0.25) is 10.0 Å². The van der Waals surface area contributed by atoms with Gasteiger partial charge in [-0.25, -0.2) is 42.4 Å². The Morgan fingerprint density at radius 2 is 0.739 bits per heavy atom. The number of aromatic amines is 1. The molecule has 0 radical (unpaired) electrons. The maximum absolute atomic E-state index is 13.2. The number of H-pyrrole nitrogens is 1. The Bertz CT molecular complexity index is 6420. The van der Waals surface area contributed by atoms with Crippen LogP contribution < -0.4 is 111 Å². The summed E-state index contributed by atoms with van der Waals surface area (Å²) in [6.07, 6.45) is 5.02. The molecule has 32 heteroatoms. The average molecular weight is 2140 g/mol. The van der Waals surface area contributed by atoms with E-state index in [-0.39, 0.29) is 171 Å². The predicted octanol–water partition coefficient (Wildman–Crippen LogP) is 14.0. The number of nitrogens with zero attached hydrogens (tertiary/aromatic N) is 2. The van der Waals surface area contributed by atoms with E-state index in [2.05, 4.69) is 173 Å². The number of benzene rings is 9. The second-order valence-electron chi connectivity index (χ2n) is 38.0. The first-order valence-corrected chi connectivity index (χ1v) is 58.3. The summed E-state index contributed by atoms with van der Waals surface area (Å²) in [4.78, 5) is 64.4. The zero-order chi connectivity index (χ0) is 99.0. The van der Waals surface area contributed by atoms with E-state index in [9.17, 15) is 52.8 Å². The number of Topliss-reactive ketones (excluding diaryl/α,β-unsaturated/α-hetero) is 3. The number of aryl methyl sites for hydroxylation is 1. The Balaban J connectivity index is 0.000000253. The zero-order valence-corrected chi connectivity index (χ0v) is 95.6. The van der Waals surface area contributed by atoms with Crippen molar-refractivity contribution in [3.63, 3.8) is 0 Å². The molecule has 3 heterocycles. The second-order valence-corrected chi connectivity index (χ2v) is 59.5. The van der Waals surface area contributed by atoms with Gasteiger partial charge in [0.1, 0.15) is 11.3 Å². The minimum Gasteiger partial charge on any atom is -0.662 e. The second kappa shape index (κ2) is 47.2. The predicted molar refractivity (Wildman–Crippen MR) is 542 cm³/mol. The van der Waals surface area contributed by atoms with E-state index in [0.717, 1.165) is 75.6 Å². The number of hydrogen-bond donors (Lipinski definition) is 2. The van der Waals surface area contributed by atoms with Crippen molar-refractivity contribution in [1.82, 2.24) is 18.8 Å². The molecule has 134 heavy (non-hydrogen) atoms. The monoisotopic (exact) mass is 2140 g/mol. The van der Waals surface area contributed by atoms with Gasteiger partial charge in [-0.3, -0.25) is 19.2 Å². The number of carbonyl (C=O) groups excluding carboxylic acids is 5. The smallest absolute Gasteiger partial charge is 0.662 e. The molecule has 0 saturated carbocycles. The van der Waals surface area contributed by atoms with Crippen molar-refractivity contribution in [1.29, 1.82) is 0 Å². The third-order valence-corrected chi connectivity index (χ3v) is 42.5. The van der Waals surface area contributed by atoms with E-state index in [1.807, 2.05) is 180 Å². The molecule has 0 atom stereocenters. The van der Waals surface area contributed by atoms with Gasteiger partial charge in [0.05, 0.1) is 57.7 Å². The minimum atomic E-state index is -3.92. The number of halogens is 1. The van der Waals surface area contributed by atoms with Gasteiger partial charge in [-0.1, -0.05) is 309 Å². The van der Waals surface area contributed by atoms with Gasteiger partial charge < -0.3 is 43.0 Å². The van der Waals surface area contributed by atoms with Crippen molar-refractivity contribution in [3.8, 4) is 0 Å². The summed E-state index contributed by atoms with van der Waals surface area (Å²) >= 11 is 3.19. The van der Waals surface area contributed by atoms with Crippen molar-refractivity contribution in [3.05, 3.63) is 270 Å². The Morgan fingerprint density at radius 3 is 1.02 bits per heavy atom. The molecule has 0 unspecified atom stereocenters. The molecular weight excluding hydrogens is 2010 g/mol. The third kappa shape index (κ3) is 27.4. The Labute approximate surface area is 862 Å². The first kappa shape index (κ1) is 113. The third-order valence-electron chi connectivity index (χ3n) is 22.5. The zero-order valence-electron chi connectivity index (χ0n) is 81.4. The Hall–Kier alpha value is -7.83. The van der Waals surface area contributed by atoms with Crippen LogP contribution in [0.25, 0.3) is 32.7 Å². The fourth-order valence-corrected chi connectivity index (χ4v) is 34.3. The van der Waals surface area contributed by atoms with Crippen LogP contribution in [0.5, 0.6) is 0 Å². The molecule has 3 aromatic heterocycles. The summed E-state index contributed by atoms with van der Waals surface area (Å²) in [7, 11) is -23.6. The van der Waals surface area contributed by atoms with Gasteiger partial charge in [0.15, 0.2) is 46.9 Å². The number of alkyl carbamates (subject to hydrolysis) is 1. The van der Waals surface area contributed by atoms with Crippen LogP contribution in [0.15, 0.2) is 251 Å². The molecule has 714 valence electrons. The van der Waals surface area contributed by atoms with Crippen LogP contribution in [0.1, 0.15) is 186 Å². The number of rotatable bonds is 30. The topological polar surface area (TPSA) is 329 Å². The number of alkyl halides is 1. The van der Waals surface area contributed by atoms with Crippen LogP contribution in [0.3, 0.4) is 0 Å². The number of fused-ring (bicyclic) bond motifs is 3. The summed E-state index contributed by atoms with van der Waals surface area (Å²) < 4.78 is 133. The van der Waals surface area contributed by atoms with Gasteiger partial charge in [0, 0.05) is 82.1 Å². The fourth-order valence-electron chi connectivity index (χ4n) is 16.7. The SMILES string of the molecule is CC(C)(C)OC(=O)NCCBr.CC(C)C(=O)c1cc2cc(CO[Si](c3ccccc3)(c3ccccc3)C(C)(C)C)c(S(C)(=O)=O)cc2[nH]1.CC(C)C(=O)c1cc2cc(CO[Si](c3ccccc3)(c3ccccc3)C(C)(C)C)c(S(C)(=O)=O)cc2n1S(C)(=O)=O.CCCn1c(C(=O)C(C)C)cc2cc(CO[Si](c3ccccc3)(c3ccccc3)C(C)(C)C)c(S(C)(=O)=O)cc21.O=CO[O-].[Cs+]. The Kier molecular flexibility index (Phi) is 39.9. The number of carbonyl (C=O) groups is 5. The summed E-state index contributed by atoms with van der Waals surface area (Å²) in [5.74, 6) is -1.09. The van der Waals surface area contributed by atoms with E-state index < -0.39 is 76.0 Å². The molecule has 0 saturated heterocycles.